The average Bonchev–Trinajstić information content (AvgIpc) is 2.15. The van der Waals surface area contributed by atoms with Crippen molar-refractivity contribution >= 4 is 43.6 Å². The van der Waals surface area contributed by atoms with Gasteiger partial charge in [-0.3, -0.25) is 4.79 Å². The molecule has 6 heteroatoms. The molecule has 0 aliphatic rings. The Morgan fingerprint density at radius 1 is 1.53 bits per heavy atom. The maximum absolute atomic E-state index is 11.6. The van der Waals surface area contributed by atoms with Gasteiger partial charge in [-0.2, -0.15) is 0 Å². The number of carbonyl (C=O) groups excluding carboxylic acids is 1. The first kappa shape index (κ1) is 14.4. The van der Waals surface area contributed by atoms with Gasteiger partial charge in [-0.05, 0) is 51.8 Å². The molecule has 0 spiro atoms. The summed E-state index contributed by atoms with van der Waals surface area (Å²) < 4.78 is 1.75. The van der Waals surface area contributed by atoms with E-state index < -0.39 is 0 Å². The van der Waals surface area contributed by atoms with Crippen LogP contribution in [-0.4, -0.2) is 30.5 Å². The fourth-order valence-corrected chi connectivity index (χ4v) is 2.64. The predicted octanol–water partition coefficient (Wildman–Crippen LogP) is 2.57. The summed E-state index contributed by atoms with van der Waals surface area (Å²) in [5.74, 6) is 0.728. The van der Waals surface area contributed by atoms with E-state index in [-0.39, 0.29) is 18.5 Å². The molecular weight excluding hydrogens is 350 g/mol. The number of rotatable bonds is 4. The van der Waals surface area contributed by atoms with E-state index in [1.807, 2.05) is 27.0 Å². The van der Waals surface area contributed by atoms with E-state index in [4.69, 9.17) is 0 Å². The minimum Gasteiger partial charge on any atom is -0.352 e. The van der Waals surface area contributed by atoms with Gasteiger partial charge in [0, 0.05) is 23.8 Å². The third-order valence-electron chi connectivity index (χ3n) is 1.98. The lowest BCUT2D eigenvalue weighted by molar-refractivity contribution is -0.120. The highest BCUT2D eigenvalue weighted by Gasteiger charge is 2.12. The molecule has 0 unspecified atom stereocenters. The number of amides is 1. The Bertz CT molecular complexity index is 410. The summed E-state index contributed by atoms with van der Waals surface area (Å²) in [4.78, 5) is 17.7. The van der Waals surface area contributed by atoms with E-state index in [1.54, 1.807) is 11.1 Å². The molecule has 1 aromatic heterocycles. The summed E-state index contributed by atoms with van der Waals surface area (Å²) in [6.45, 7) is 4.16. The summed E-state index contributed by atoms with van der Waals surface area (Å²) in [5, 5.41) is 2.84. The molecule has 1 heterocycles. The molecular formula is C11H15Br2N3O. The molecule has 0 atom stereocenters. The van der Waals surface area contributed by atoms with Gasteiger partial charge in [-0.15, -0.1) is 0 Å². The SMILES string of the molecule is CC(C)NC(=O)CN(C)c1ncc(Br)cc1Br. The van der Waals surface area contributed by atoms with Gasteiger partial charge < -0.3 is 10.2 Å². The maximum Gasteiger partial charge on any atom is 0.239 e. The molecule has 1 rings (SSSR count). The monoisotopic (exact) mass is 363 g/mol. The lowest BCUT2D eigenvalue weighted by atomic mass is 10.3. The second-order valence-corrected chi connectivity index (χ2v) is 5.81. The zero-order valence-electron chi connectivity index (χ0n) is 10.00. The van der Waals surface area contributed by atoms with Crippen LogP contribution in [0.15, 0.2) is 21.2 Å². The summed E-state index contributed by atoms with van der Waals surface area (Å²) in [6.07, 6.45) is 1.71. The maximum atomic E-state index is 11.6. The van der Waals surface area contributed by atoms with E-state index >= 15 is 0 Å². The Labute approximate surface area is 118 Å². The molecule has 1 amide bonds. The number of hydrogen-bond donors (Lipinski definition) is 1. The lowest BCUT2D eigenvalue weighted by Crippen LogP contribution is -2.38. The van der Waals surface area contributed by atoms with E-state index in [9.17, 15) is 4.79 Å². The van der Waals surface area contributed by atoms with Crippen LogP contribution >= 0.6 is 31.9 Å². The number of nitrogens with one attached hydrogen (secondary N) is 1. The van der Waals surface area contributed by atoms with Crippen molar-refractivity contribution in [2.24, 2.45) is 0 Å². The van der Waals surface area contributed by atoms with Crippen molar-refractivity contribution < 1.29 is 4.79 Å². The fraction of sp³-hybridized carbons (Fsp3) is 0.455. The molecule has 0 fully saturated rings. The van der Waals surface area contributed by atoms with Gasteiger partial charge in [-0.25, -0.2) is 4.98 Å². The molecule has 1 N–H and O–H groups in total. The molecule has 0 aromatic carbocycles. The van der Waals surface area contributed by atoms with Gasteiger partial charge in [0.2, 0.25) is 5.91 Å². The van der Waals surface area contributed by atoms with Crippen LogP contribution in [0.4, 0.5) is 5.82 Å². The first-order valence-electron chi connectivity index (χ1n) is 5.21. The quantitative estimate of drug-likeness (QED) is 0.892. The second kappa shape index (κ2) is 6.35. The van der Waals surface area contributed by atoms with Crippen LogP contribution in [-0.2, 0) is 4.79 Å². The topological polar surface area (TPSA) is 45.2 Å². The molecule has 1 aromatic rings. The lowest BCUT2D eigenvalue weighted by Gasteiger charge is -2.19. The van der Waals surface area contributed by atoms with Gasteiger partial charge in [-0.1, -0.05) is 0 Å². The van der Waals surface area contributed by atoms with Crippen molar-refractivity contribution in [1.29, 1.82) is 0 Å². The molecule has 0 saturated heterocycles. The van der Waals surface area contributed by atoms with Crippen LogP contribution in [0.2, 0.25) is 0 Å². The Kier molecular flexibility index (Phi) is 5.39. The molecule has 0 bridgehead atoms. The van der Waals surface area contributed by atoms with Crippen molar-refractivity contribution in [2.45, 2.75) is 19.9 Å². The van der Waals surface area contributed by atoms with Crippen molar-refractivity contribution in [3.63, 3.8) is 0 Å². The number of likely N-dealkylation sites (N-methyl/N-ethyl adjacent to an activating group) is 1. The molecule has 0 aliphatic heterocycles. The number of halogens is 2. The normalized spacial score (nSPS) is 10.5. The number of nitrogens with zero attached hydrogens (tertiary/aromatic N) is 2. The molecule has 4 nitrogen and oxygen atoms in total. The van der Waals surface area contributed by atoms with E-state index in [2.05, 4.69) is 42.2 Å². The highest BCUT2D eigenvalue weighted by atomic mass is 79.9. The molecule has 94 valence electrons. The molecule has 0 saturated carbocycles. The van der Waals surface area contributed by atoms with E-state index in [0.717, 1.165) is 14.8 Å². The molecule has 0 aliphatic carbocycles. The first-order chi connectivity index (χ1) is 7.90. The zero-order valence-corrected chi connectivity index (χ0v) is 13.2. The van der Waals surface area contributed by atoms with Gasteiger partial charge in [0.1, 0.15) is 5.82 Å². The van der Waals surface area contributed by atoms with Crippen LogP contribution in [0.3, 0.4) is 0 Å². The summed E-state index contributed by atoms with van der Waals surface area (Å²) in [6, 6.07) is 2.05. The van der Waals surface area contributed by atoms with E-state index in [1.165, 1.54) is 0 Å². The third kappa shape index (κ3) is 4.63. The van der Waals surface area contributed by atoms with E-state index in [0.29, 0.717) is 0 Å². The predicted molar refractivity (Wildman–Crippen MR) is 76.2 cm³/mol. The Morgan fingerprint density at radius 2 is 2.18 bits per heavy atom. The van der Waals surface area contributed by atoms with Crippen LogP contribution in [0, 0.1) is 0 Å². The summed E-state index contributed by atoms with van der Waals surface area (Å²) >= 11 is 6.76. The molecule has 17 heavy (non-hydrogen) atoms. The Morgan fingerprint density at radius 3 is 2.71 bits per heavy atom. The van der Waals surface area contributed by atoms with Crippen LogP contribution in [0.5, 0.6) is 0 Å². The molecule has 0 radical (unpaired) electrons. The van der Waals surface area contributed by atoms with Crippen molar-refractivity contribution in [1.82, 2.24) is 10.3 Å². The minimum atomic E-state index is -0.0147. The standard InChI is InChI=1S/C11H15Br2N3O/c1-7(2)15-10(17)6-16(3)11-9(13)4-8(12)5-14-11/h4-5,7H,6H2,1-3H3,(H,15,17). The summed E-state index contributed by atoms with van der Waals surface area (Å²) in [7, 11) is 1.83. The smallest absolute Gasteiger partial charge is 0.239 e. The Balaban J connectivity index is 2.69. The van der Waals surface area contributed by atoms with Gasteiger partial charge in [0.15, 0.2) is 0 Å². The van der Waals surface area contributed by atoms with Crippen LogP contribution < -0.4 is 10.2 Å². The number of anilines is 1. The number of aromatic nitrogens is 1. The van der Waals surface area contributed by atoms with Gasteiger partial charge in [0.05, 0.1) is 11.0 Å². The van der Waals surface area contributed by atoms with Crippen LogP contribution in [0.25, 0.3) is 0 Å². The minimum absolute atomic E-state index is 0.0147. The summed E-state index contributed by atoms with van der Waals surface area (Å²) in [5.41, 5.74) is 0. The largest absolute Gasteiger partial charge is 0.352 e. The third-order valence-corrected chi connectivity index (χ3v) is 3.00. The first-order valence-corrected chi connectivity index (χ1v) is 6.80. The number of hydrogen-bond acceptors (Lipinski definition) is 3. The van der Waals surface area contributed by atoms with Crippen LogP contribution in [0.1, 0.15) is 13.8 Å². The van der Waals surface area contributed by atoms with Crippen molar-refractivity contribution in [2.75, 3.05) is 18.5 Å². The van der Waals surface area contributed by atoms with Gasteiger partial charge in [0.25, 0.3) is 0 Å². The highest BCUT2D eigenvalue weighted by molar-refractivity contribution is 9.11. The fourth-order valence-electron chi connectivity index (χ4n) is 1.35. The number of carbonyl (C=O) groups is 1. The van der Waals surface area contributed by atoms with Crippen molar-refractivity contribution in [3.8, 4) is 0 Å². The highest BCUT2D eigenvalue weighted by Crippen LogP contribution is 2.25. The zero-order chi connectivity index (χ0) is 13.0. The van der Waals surface area contributed by atoms with Crippen molar-refractivity contribution in [3.05, 3.63) is 21.2 Å². The second-order valence-electron chi connectivity index (χ2n) is 4.04. The van der Waals surface area contributed by atoms with Gasteiger partial charge >= 0.3 is 0 Å². The average molecular weight is 365 g/mol. The Hall–Kier alpha value is -0.620. The number of pyridine rings is 1.